The largest absolute Gasteiger partial charge is 0.569 e. The summed E-state index contributed by atoms with van der Waals surface area (Å²) in [4.78, 5) is 12.0. The SMILES string of the molecule is C.CC(C)(C)OC(=O)n1nc(I)c2ccccc21.COc1cccc(-c2n[nH]c3ccccc23)c1.COc1cccc(O[B]O)c1. The van der Waals surface area contributed by atoms with Gasteiger partial charge in [0.2, 0.25) is 0 Å². The first-order valence-electron chi connectivity index (χ1n) is 13.8. The molecule has 6 aromatic rings. The molecule has 4 aromatic carbocycles. The zero-order chi connectivity index (χ0) is 32.4. The lowest BCUT2D eigenvalue weighted by Crippen LogP contribution is -2.27. The maximum atomic E-state index is 12.0. The van der Waals surface area contributed by atoms with E-state index in [1.54, 1.807) is 38.5 Å². The third kappa shape index (κ3) is 9.47. The van der Waals surface area contributed by atoms with E-state index in [9.17, 15) is 4.79 Å². The number of benzene rings is 4. The van der Waals surface area contributed by atoms with E-state index in [0.29, 0.717) is 19.2 Å². The number of hydrogen-bond donors (Lipinski definition) is 2. The Morgan fingerprint density at radius 3 is 2.13 bits per heavy atom. The summed E-state index contributed by atoms with van der Waals surface area (Å²) in [7, 11) is 3.87. The molecule has 2 aromatic heterocycles. The molecule has 0 spiro atoms. The van der Waals surface area contributed by atoms with Gasteiger partial charge in [-0.15, -0.1) is 0 Å². The molecule has 0 saturated carbocycles. The van der Waals surface area contributed by atoms with E-state index in [4.69, 9.17) is 23.9 Å². The summed E-state index contributed by atoms with van der Waals surface area (Å²) in [6.45, 7) is 5.50. The predicted octanol–water partition coefficient (Wildman–Crippen LogP) is 7.90. The van der Waals surface area contributed by atoms with Gasteiger partial charge in [-0.1, -0.05) is 62.0 Å². The fourth-order valence-electron chi connectivity index (χ4n) is 4.16. The second-order valence-corrected chi connectivity index (χ2v) is 11.5. The third-order valence-corrected chi connectivity index (χ3v) is 6.95. The molecular weight excluding hydrogens is 698 g/mol. The van der Waals surface area contributed by atoms with Gasteiger partial charge in [0.1, 0.15) is 32.2 Å². The van der Waals surface area contributed by atoms with Crippen molar-refractivity contribution in [3.05, 3.63) is 101 Å². The first-order chi connectivity index (χ1) is 21.6. The Hall–Kier alpha value is -4.56. The zero-order valence-electron chi connectivity index (χ0n) is 25.5. The molecule has 6 rings (SSSR count). The fraction of sp³-hybridized carbons (Fsp3) is 0.206. The number of rotatable bonds is 5. The molecule has 239 valence electrons. The van der Waals surface area contributed by atoms with Gasteiger partial charge >= 0.3 is 13.8 Å². The van der Waals surface area contributed by atoms with E-state index in [-0.39, 0.29) is 7.43 Å². The average Bonchev–Trinajstić information content (AvgIpc) is 3.63. The molecule has 0 unspecified atom stereocenters. The lowest BCUT2D eigenvalue weighted by molar-refractivity contribution is 0.0522. The van der Waals surface area contributed by atoms with Gasteiger partial charge in [0, 0.05) is 22.4 Å². The van der Waals surface area contributed by atoms with Crippen molar-refractivity contribution in [2.45, 2.75) is 33.8 Å². The van der Waals surface area contributed by atoms with Crippen molar-refractivity contribution in [1.82, 2.24) is 20.0 Å². The number of hydrogen-bond acceptors (Lipinski definition) is 8. The van der Waals surface area contributed by atoms with Crippen molar-refractivity contribution < 1.29 is 28.7 Å². The van der Waals surface area contributed by atoms with Crippen LogP contribution < -0.4 is 14.1 Å². The number of nitrogens with zero attached hydrogens (tertiary/aromatic N) is 3. The van der Waals surface area contributed by atoms with Gasteiger partial charge in [-0.05, 0) is 79.8 Å². The molecule has 0 fully saturated rings. The number of carbonyl (C=O) groups is 1. The highest BCUT2D eigenvalue weighted by atomic mass is 127. The van der Waals surface area contributed by atoms with Crippen LogP contribution >= 0.6 is 22.6 Å². The van der Waals surface area contributed by atoms with Crippen LogP contribution in [0.5, 0.6) is 17.2 Å². The maximum absolute atomic E-state index is 12.0. The van der Waals surface area contributed by atoms with E-state index in [1.807, 2.05) is 87.5 Å². The van der Waals surface area contributed by atoms with Crippen molar-refractivity contribution in [1.29, 1.82) is 0 Å². The number of halogens is 1. The number of aromatic amines is 1. The van der Waals surface area contributed by atoms with Crippen LogP contribution in [-0.2, 0) is 4.74 Å². The van der Waals surface area contributed by atoms with Crippen molar-refractivity contribution in [2.75, 3.05) is 14.2 Å². The molecule has 0 aliphatic rings. The zero-order valence-corrected chi connectivity index (χ0v) is 27.7. The van der Waals surface area contributed by atoms with Crippen molar-refractivity contribution in [2.24, 2.45) is 0 Å². The molecule has 2 heterocycles. The quantitative estimate of drug-likeness (QED) is 0.136. The minimum atomic E-state index is -0.518. The number of ether oxygens (including phenoxy) is 3. The predicted molar refractivity (Wildman–Crippen MR) is 190 cm³/mol. The Kier molecular flexibility index (Phi) is 13.0. The highest BCUT2D eigenvalue weighted by molar-refractivity contribution is 14.1. The van der Waals surface area contributed by atoms with E-state index < -0.39 is 11.7 Å². The van der Waals surface area contributed by atoms with E-state index in [0.717, 1.165) is 42.5 Å². The molecule has 12 heteroatoms. The molecule has 0 bridgehead atoms. The van der Waals surface area contributed by atoms with E-state index in [1.165, 1.54) is 4.68 Å². The van der Waals surface area contributed by atoms with Gasteiger partial charge in [-0.25, -0.2) is 4.79 Å². The molecule has 1 radical (unpaired) electrons. The molecule has 0 aliphatic heterocycles. The summed E-state index contributed by atoms with van der Waals surface area (Å²) in [5, 5.41) is 22.0. The highest BCUT2D eigenvalue weighted by Gasteiger charge is 2.21. The second kappa shape index (κ2) is 16.7. The second-order valence-electron chi connectivity index (χ2n) is 10.5. The van der Waals surface area contributed by atoms with Crippen LogP contribution in [0.3, 0.4) is 0 Å². The van der Waals surface area contributed by atoms with Crippen LogP contribution in [0.2, 0.25) is 0 Å². The monoisotopic (exact) mass is 735 g/mol. The van der Waals surface area contributed by atoms with Crippen LogP contribution in [-0.4, -0.2) is 58.6 Å². The van der Waals surface area contributed by atoms with Crippen LogP contribution in [0.1, 0.15) is 28.2 Å². The molecule has 0 aliphatic carbocycles. The minimum Gasteiger partial charge on any atom is -0.537 e. The molecule has 46 heavy (non-hydrogen) atoms. The Bertz CT molecular complexity index is 1870. The first kappa shape index (κ1) is 35.9. The maximum Gasteiger partial charge on any atom is 0.569 e. The molecular formula is C34H37BIN4O6. The van der Waals surface area contributed by atoms with Crippen LogP contribution in [0.15, 0.2) is 97.1 Å². The summed E-state index contributed by atoms with van der Waals surface area (Å²) >= 11 is 2.11. The lowest BCUT2D eigenvalue weighted by Gasteiger charge is -2.19. The Balaban J connectivity index is 0.000000191. The fourth-order valence-corrected chi connectivity index (χ4v) is 4.83. The number of H-pyrrole nitrogens is 1. The Morgan fingerprint density at radius 1 is 0.848 bits per heavy atom. The number of methoxy groups -OCH3 is 2. The lowest BCUT2D eigenvalue weighted by atomic mass is 10.1. The first-order valence-corrected chi connectivity index (χ1v) is 14.9. The Labute approximate surface area is 283 Å². The molecule has 10 nitrogen and oxygen atoms in total. The standard InChI is InChI=1S/C14H12N2O.C12H13IN2O2.C7H8BO3.CH4/c1-17-11-6-4-5-10(9-11)14-12-7-2-3-8-13(12)15-16-14;1-12(2,3)17-11(16)15-9-7-5-4-6-8(9)10(13)14-15;1-10-6-3-2-4-7(5-6)11-8-9;/h2-9H,1H3,(H,15,16);4-7H,1-3H3;2-5,9H,1H3;1H4. The summed E-state index contributed by atoms with van der Waals surface area (Å²) in [6.07, 6.45) is -0.448. The van der Waals surface area contributed by atoms with Gasteiger partial charge in [-0.3, -0.25) is 5.10 Å². The van der Waals surface area contributed by atoms with Gasteiger partial charge in [0.05, 0.1) is 25.3 Å². The van der Waals surface area contributed by atoms with Crippen LogP contribution in [0, 0.1) is 3.70 Å². The minimum absolute atomic E-state index is 0. The van der Waals surface area contributed by atoms with Gasteiger partial charge < -0.3 is 23.9 Å². The number of carbonyl (C=O) groups excluding carboxylic acids is 1. The summed E-state index contributed by atoms with van der Waals surface area (Å²) < 4.78 is 22.3. The number of aromatic nitrogens is 4. The smallest absolute Gasteiger partial charge is 0.537 e. The molecule has 0 amide bonds. The number of para-hydroxylation sites is 2. The van der Waals surface area contributed by atoms with Gasteiger partial charge in [0.15, 0.2) is 0 Å². The van der Waals surface area contributed by atoms with Crippen molar-refractivity contribution >= 4 is 58.2 Å². The molecule has 2 N–H and O–H groups in total. The normalized spacial score (nSPS) is 10.4. The molecule has 0 saturated heterocycles. The number of fused-ring (bicyclic) bond motifs is 2. The average molecular weight is 735 g/mol. The van der Waals surface area contributed by atoms with Crippen LogP contribution in [0.25, 0.3) is 33.1 Å². The third-order valence-electron chi connectivity index (χ3n) is 6.15. The van der Waals surface area contributed by atoms with Crippen molar-refractivity contribution in [3.63, 3.8) is 0 Å². The summed E-state index contributed by atoms with van der Waals surface area (Å²) in [6, 6.07) is 30.6. The van der Waals surface area contributed by atoms with E-state index >= 15 is 0 Å². The summed E-state index contributed by atoms with van der Waals surface area (Å²) in [5.41, 5.74) is 3.31. The van der Waals surface area contributed by atoms with E-state index in [2.05, 4.69) is 44.0 Å². The Morgan fingerprint density at radius 2 is 1.46 bits per heavy atom. The van der Waals surface area contributed by atoms with Gasteiger partial charge in [-0.2, -0.15) is 14.9 Å². The molecule has 0 atom stereocenters. The van der Waals surface area contributed by atoms with Crippen molar-refractivity contribution in [3.8, 4) is 28.5 Å². The van der Waals surface area contributed by atoms with Crippen LogP contribution in [0.4, 0.5) is 4.79 Å². The summed E-state index contributed by atoms with van der Waals surface area (Å²) in [5.74, 6) is 2.09. The topological polar surface area (TPSA) is 121 Å². The van der Waals surface area contributed by atoms with Gasteiger partial charge in [0.25, 0.3) is 0 Å². The highest BCUT2D eigenvalue weighted by Crippen LogP contribution is 2.28. The number of nitrogens with one attached hydrogen (secondary N) is 1.